The van der Waals surface area contributed by atoms with Gasteiger partial charge in [0.05, 0.1) is 6.54 Å². The number of carbonyl (C=O) groups excluding carboxylic acids is 1. The van der Waals surface area contributed by atoms with Crippen LogP contribution in [0.2, 0.25) is 0 Å². The summed E-state index contributed by atoms with van der Waals surface area (Å²) < 4.78 is 19.4. The molecule has 1 aliphatic heterocycles. The molecule has 1 fully saturated rings. The SMILES string of the molecule is CCCN(Cc1nc(-c2ccc(C)c(F)c2)no1)C1CCN(C(=O)c2ccccc2)CC1. The van der Waals surface area contributed by atoms with Crippen molar-refractivity contribution in [1.82, 2.24) is 19.9 Å². The summed E-state index contributed by atoms with van der Waals surface area (Å²) in [6.07, 6.45) is 2.82. The average molecular weight is 437 g/mol. The fourth-order valence-corrected chi connectivity index (χ4v) is 4.22. The second kappa shape index (κ2) is 10.0. The Morgan fingerprint density at radius 2 is 1.94 bits per heavy atom. The largest absolute Gasteiger partial charge is 0.339 e. The van der Waals surface area contributed by atoms with Gasteiger partial charge in [0.15, 0.2) is 0 Å². The molecule has 0 radical (unpaired) electrons. The summed E-state index contributed by atoms with van der Waals surface area (Å²) >= 11 is 0. The Balaban J connectivity index is 1.39. The van der Waals surface area contributed by atoms with E-state index in [1.54, 1.807) is 19.1 Å². The molecule has 0 spiro atoms. The smallest absolute Gasteiger partial charge is 0.253 e. The van der Waals surface area contributed by atoms with Crippen molar-refractivity contribution in [2.75, 3.05) is 19.6 Å². The summed E-state index contributed by atoms with van der Waals surface area (Å²) in [6.45, 7) is 6.80. The maximum atomic E-state index is 13.9. The molecule has 0 saturated carbocycles. The van der Waals surface area contributed by atoms with Crippen LogP contribution in [-0.4, -0.2) is 51.5 Å². The van der Waals surface area contributed by atoms with E-state index >= 15 is 0 Å². The maximum absolute atomic E-state index is 13.9. The summed E-state index contributed by atoms with van der Waals surface area (Å²) in [5.41, 5.74) is 1.93. The predicted molar refractivity (Wildman–Crippen MR) is 120 cm³/mol. The number of aryl methyl sites for hydroxylation is 1. The number of hydrogen-bond acceptors (Lipinski definition) is 5. The van der Waals surface area contributed by atoms with Crippen molar-refractivity contribution in [2.45, 2.75) is 45.7 Å². The molecule has 1 amide bonds. The number of aromatic nitrogens is 2. The number of carbonyl (C=O) groups is 1. The first-order chi connectivity index (χ1) is 15.5. The fraction of sp³-hybridized carbons (Fsp3) is 0.400. The highest BCUT2D eigenvalue weighted by Gasteiger charge is 2.28. The van der Waals surface area contributed by atoms with Crippen LogP contribution in [0.1, 0.15) is 48.0 Å². The van der Waals surface area contributed by atoms with Crippen molar-refractivity contribution in [3.8, 4) is 11.4 Å². The second-order valence-corrected chi connectivity index (χ2v) is 8.34. The van der Waals surface area contributed by atoms with Crippen LogP contribution in [-0.2, 0) is 6.54 Å². The van der Waals surface area contributed by atoms with Crippen LogP contribution in [0.25, 0.3) is 11.4 Å². The summed E-state index contributed by atoms with van der Waals surface area (Å²) in [5, 5.41) is 4.05. The number of nitrogens with zero attached hydrogens (tertiary/aromatic N) is 4. The van der Waals surface area contributed by atoms with E-state index in [1.807, 2.05) is 35.2 Å². The van der Waals surface area contributed by atoms with Gasteiger partial charge in [-0.1, -0.05) is 42.4 Å². The Morgan fingerprint density at radius 1 is 1.19 bits per heavy atom. The third-order valence-corrected chi connectivity index (χ3v) is 6.04. The molecule has 0 N–H and O–H groups in total. The second-order valence-electron chi connectivity index (χ2n) is 8.34. The van der Waals surface area contributed by atoms with Crippen LogP contribution in [0.4, 0.5) is 4.39 Å². The lowest BCUT2D eigenvalue weighted by Crippen LogP contribution is -2.46. The summed E-state index contributed by atoms with van der Waals surface area (Å²) in [7, 11) is 0. The molecular formula is C25H29FN4O2. The standard InChI is InChI=1S/C25H29FN4O2/c1-3-13-30(17-23-27-24(28-32-23)20-10-9-18(2)22(26)16-20)21-11-14-29(15-12-21)25(31)19-7-5-4-6-8-19/h4-10,16,21H,3,11-15,17H2,1-2H3. The number of likely N-dealkylation sites (tertiary alicyclic amines) is 1. The maximum Gasteiger partial charge on any atom is 0.253 e. The average Bonchev–Trinajstić information content (AvgIpc) is 3.29. The van der Waals surface area contributed by atoms with Gasteiger partial charge in [-0.15, -0.1) is 0 Å². The third kappa shape index (κ3) is 5.05. The molecule has 0 bridgehead atoms. The molecule has 1 aromatic heterocycles. The Morgan fingerprint density at radius 3 is 2.62 bits per heavy atom. The van der Waals surface area contributed by atoms with Gasteiger partial charge >= 0.3 is 0 Å². The van der Waals surface area contributed by atoms with Gasteiger partial charge in [0.1, 0.15) is 5.82 Å². The first-order valence-electron chi connectivity index (χ1n) is 11.2. The summed E-state index contributed by atoms with van der Waals surface area (Å²) in [4.78, 5) is 21.5. The van der Waals surface area contributed by atoms with Gasteiger partial charge in [-0.05, 0) is 56.5 Å². The van der Waals surface area contributed by atoms with Gasteiger partial charge < -0.3 is 9.42 Å². The summed E-state index contributed by atoms with van der Waals surface area (Å²) in [6, 6.07) is 14.7. The van der Waals surface area contributed by atoms with Crippen molar-refractivity contribution >= 4 is 5.91 Å². The molecule has 168 valence electrons. The first-order valence-corrected chi connectivity index (χ1v) is 11.2. The first kappa shape index (κ1) is 22.1. The minimum absolute atomic E-state index is 0.0953. The molecule has 3 aromatic rings. The van der Waals surface area contributed by atoms with E-state index in [0.29, 0.717) is 35.4 Å². The van der Waals surface area contributed by atoms with Crippen LogP contribution in [0, 0.1) is 12.7 Å². The van der Waals surface area contributed by atoms with Crippen LogP contribution in [0.5, 0.6) is 0 Å². The summed E-state index contributed by atoms with van der Waals surface area (Å²) in [5.74, 6) is 0.743. The molecule has 2 aromatic carbocycles. The lowest BCUT2D eigenvalue weighted by Gasteiger charge is -2.38. The van der Waals surface area contributed by atoms with Gasteiger partial charge in [0.25, 0.3) is 5.91 Å². The number of amides is 1. The highest BCUT2D eigenvalue weighted by Crippen LogP contribution is 2.23. The number of benzene rings is 2. The van der Waals surface area contributed by atoms with Gasteiger partial charge in [0.2, 0.25) is 11.7 Å². The fourth-order valence-electron chi connectivity index (χ4n) is 4.22. The van der Waals surface area contributed by atoms with E-state index in [9.17, 15) is 9.18 Å². The molecular weight excluding hydrogens is 407 g/mol. The molecule has 2 heterocycles. The molecule has 0 aliphatic carbocycles. The van der Waals surface area contributed by atoms with E-state index in [4.69, 9.17) is 4.52 Å². The van der Waals surface area contributed by atoms with E-state index in [1.165, 1.54) is 6.07 Å². The topological polar surface area (TPSA) is 62.5 Å². The number of piperidine rings is 1. The minimum atomic E-state index is -0.279. The van der Waals surface area contributed by atoms with Crippen molar-refractivity contribution in [3.05, 3.63) is 71.4 Å². The number of hydrogen-bond donors (Lipinski definition) is 0. The molecule has 0 atom stereocenters. The molecule has 7 heteroatoms. The van der Waals surface area contributed by atoms with Gasteiger partial charge in [-0.25, -0.2) is 4.39 Å². The van der Waals surface area contributed by atoms with Crippen molar-refractivity contribution < 1.29 is 13.7 Å². The van der Waals surface area contributed by atoms with Crippen molar-refractivity contribution in [1.29, 1.82) is 0 Å². The van der Waals surface area contributed by atoms with Gasteiger partial charge in [0, 0.05) is 30.3 Å². The lowest BCUT2D eigenvalue weighted by atomic mass is 10.0. The van der Waals surface area contributed by atoms with Crippen LogP contribution in [0.3, 0.4) is 0 Å². The number of halogens is 1. The molecule has 6 nitrogen and oxygen atoms in total. The van der Waals surface area contributed by atoms with E-state index < -0.39 is 0 Å². The predicted octanol–water partition coefficient (Wildman–Crippen LogP) is 4.70. The minimum Gasteiger partial charge on any atom is -0.339 e. The Bertz CT molecular complexity index is 1050. The van der Waals surface area contributed by atoms with Crippen molar-refractivity contribution in [3.63, 3.8) is 0 Å². The molecule has 1 saturated heterocycles. The Kier molecular flexibility index (Phi) is 6.95. The van der Waals surface area contributed by atoms with E-state index in [2.05, 4.69) is 22.0 Å². The Hall–Kier alpha value is -3.06. The van der Waals surface area contributed by atoms with E-state index in [-0.39, 0.29) is 11.7 Å². The number of rotatable bonds is 7. The van der Waals surface area contributed by atoms with Gasteiger partial charge in [-0.2, -0.15) is 4.98 Å². The normalized spacial score (nSPS) is 14.8. The zero-order valence-electron chi connectivity index (χ0n) is 18.6. The van der Waals surface area contributed by atoms with E-state index in [0.717, 1.165) is 44.5 Å². The molecule has 1 aliphatic rings. The lowest BCUT2D eigenvalue weighted by molar-refractivity contribution is 0.0590. The molecule has 0 unspecified atom stereocenters. The highest BCUT2D eigenvalue weighted by atomic mass is 19.1. The quantitative estimate of drug-likeness (QED) is 0.537. The van der Waals surface area contributed by atoms with Crippen LogP contribution >= 0.6 is 0 Å². The van der Waals surface area contributed by atoms with Gasteiger partial charge in [-0.3, -0.25) is 9.69 Å². The van der Waals surface area contributed by atoms with Crippen LogP contribution in [0.15, 0.2) is 53.1 Å². The zero-order valence-corrected chi connectivity index (χ0v) is 18.6. The van der Waals surface area contributed by atoms with Crippen LogP contribution < -0.4 is 0 Å². The monoisotopic (exact) mass is 436 g/mol. The Labute approximate surface area is 188 Å². The highest BCUT2D eigenvalue weighted by molar-refractivity contribution is 5.94. The molecule has 4 rings (SSSR count). The molecule has 32 heavy (non-hydrogen) atoms. The zero-order chi connectivity index (χ0) is 22.5. The third-order valence-electron chi connectivity index (χ3n) is 6.04. The van der Waals surface area contributed by atoms with Crippen molar-refractivity contribution in [2.24, 2.45) is 0 Å².